The van der Waals surface area contributed by atoms with Crippen LogP contribution in [0.25, 0.3) is 22.8 Å². The summed E-state index contributed by atoms with van der Waals surface area (Å²) in [4.78, 5) is 9.32. The van der Waals surface area contributed by atoms with Crippen molar-refractivity contribution < 1.29 is 0 Å². The van der Waals surface area contributed by atoms with Gasteiger partial charge in [0.15, 0.2) is 23.3 Å². The molecule has 0 bridgehead atoms. The van der Waals surface area contributed by atoms with Crippen LogP contribution in [-0.2, 0) is 12.8 Å². The van der Waals surface area contributed by atoms with Gasteiger partial charge in [0.1, 0.15) is 0 Å². The molecule has 0 atom stereocenters. The molecule has 0 spiro atoms. The standard InChI is InChI=1S/C24H20N6/c1-3-8-17(9-4-1)14-21-25-23(29-27-21)19-12-7-13-20(16-19)24-26-22(28-30-24)15-18-10-5-2-6-11-18/h1-13,16H,14-15H2,(H,25,27,29)(H,26,28,30). The van der Waals surface area contributed by atoms with Gasteiger partial charge in [0, 0.05) is 24.0 Å². The molecular weight excluding hydrogens is 372 g/mol. The lowest BCUT2D eigenvalue weighted by molar-refractivity contribution is 0.973. The summed E-state index contributed by atoms with van der Waals surface area (Å²) in [5, 5.41) is 14.8. The number of nitrogens with zero attached hydrogens (tertiary/aromatic N) is 4. The topological polar surface area (TPSA) is 83.1 Å². The summed E-state index contributed by atoms with van der Waals surface area (Å²) in [5.41, 5.74) is 4.29. The Bertz CT molecular complexity index is 1150. The molecule has 0 aliphatic carbocycles. The minimum Gasteiger partial charge on any atom is -0.259 e. The van der Waals surface area contributed by atoms with Gasteiger partial charge in [-0.05, 0) is 17.2 Å². The van der Waals surface area contributed by atoms with Crippen LogP contribution in [0.2, 0.25) is 0 Å². The van der Waals surface area contributed by atoms with Crippen LogP contribution in [0, 0.1) is 0 Å². The van der Waals surface area contributed by atoms with Gasteiger partial charge in [-0.2, -0.15) is 10.2 Å². The highest BCUT2D eigenvalue weighted by atomic mass is 15.2. The summed E-state index contributed by atoms with van der Waals surface area (Å²) in [7, 11) is 0. The Morgan fingerprint density at radius 2 is 1.00 bits per heavy atom. The first-order chi connectivity index (χ1) is 14.8. The van der Waals surface area contributed by atoms with E-state index in [-0.39, 0.29) is 0 Å². The zero-order valence-electron chi connectivity index (χ0n) is 16.3. The number of aromatic amines is 2. The normalized spacial score (nSPS) is 10.9. The van der Waals surface area contributed by atoms with E-state index < -0.39 is 0 Å². The summed E-state index contributed by atoms with van der Waals surface area (Å²) >= 11 is 0. The van der Waals surface area contributed by atoms with Crippen LogP contribution in [-0.4, -0.2) is 30.4 Å². The Labute approximate surface area is 174 Å². The second-order valence-corrected chi connectivity index (χ2v) is 7.11. The zero-order chi connectivity index (χ0) is 20.2. The zero-order valence-corrected chi connectivity index (χ0v) is 16.3. The van der Waals surface area contributed by atoms with Gasteiger partial charge in [-0.3, -0.25) is 10.2 Å². The molecule has 5 aromatic rings. The number of benzene rings is 3. The number of hydrogen-bond donors (Lipinski definition) is 2. The van der Waals surface area contributed by atoms with Crippen LogP contribution in [0.1, 0.15) is 22.8 Å². The van der Waals surface area contributed by atoms with E-state index >= 15 is 0 Å². The lowest BCUT2D eigenvalue weighted by atomic mass is 10.1. The Morgan fingerprint density at radius 1 is 0.533 bits per heavy atom. The van der Waals surface area contributed by atoms with Crippen molar-refractivity contribution >= 4 is 0 Å². The Kier molecular flexibility index (Phi) is 4.88. The highest BCUT2D eigenvalue weighted by molar-refractivity contribution is 5.65. The van der Waals surface area contributed by atoms with Gasteiger partial charge in [-0.15, -0.1) is 0 Å². The predicted molar refractivity (Wildman–Crippen MR) is 116 cm³/mol. The highest BCUT2D eigenvalue weighted by Gasteiger charge is 2.10. The van der Waals surface area contributed by atoms with Gasteiger partial charge in [-0.25, -0.2) is 9.97 Å². The number of H-pyrrole nitrogens is 2. The third-order valence-electron chi connectivity index (χ3n) is 4.88. The molecule has 6 nitrogen and oxygen atoms in total. The molecule has 0 amide bonds. The van der Waals surface area contributed by atoms with E-state index in [0.717, 1.165) is 34.4 Å². The van der Waals surface area contributed by atoms with Crippen molar-refractivity contribution in [3.05, 3.63) is 108 Å². The Hall–Kier alpha value is -4.06. The molecule has 2 aromatic heterocycles. The molecule has 2 heterocycles. The molecule has 0 radical (unpaired) electrons. The van der Waals surface area contributed by atoms with Crippen molar-refractivity contribution in [3.8, 4) is 22.8 Å². The van der Waals surface area contributed by atoms with Crippen LogP contribution < -0.4 is 0 Å². The fraction of sp³-hybridized carbons (Fsp3) is 0.0833. The van der Waals surface area contributed by atoms with E-state index in [4.69, 9.17) is 0 Å². The Morgan fingerprint density at radius 3 is 1.47 bits per heavy atom. The maximum absolute atomic E-state index is 4.66. The van der Waals surface area contributed by atoms with Crippen LogP contribution >= 0.6 is 0 Å². The average molecular weight is 392 g/mol. The summed E-state index contributed by atoms with van der Waals surface area (Å²) < 4.78 is 0. The summed E-state index contributed by atoms with van der Waals surface area (Å²) in [5.74, 6) is 3.02. The van der Waals surface area contributed by atoms with Gasteiger partial charge in [-0.1, -0.05) is 78.9 Å². The first kappa shape index (κ1) is 18.0. The van der Waals surface area contributed by atoms with Crippen LogP contribution in [0.4, 0.5) is 0 Å². The molecule has 0 aliphatic heterocycles. The molecule has 6 heteroatoms. The number of rotatable bonds is 6. The van der Waals surface area contributed by atoms with E-state index in [1.165, 1.54) is 11.1 Å². The fourth-order valence-corrected chi connectivity index (χ4v) is 3.38. The van der Waals surface area contributed by atoms with Crippen molar-refractivity contribution in [2.45, 2.75) is 12.8 Å². The third-order valence-corrected chi connectivity index (χ3v) is 4.88. The monoisotopic (exact) mass is 392 g/mol. The van der Waals surface area contributed by atoms with Gasteiger partial charge >= 0.3 is 0 Å². The van der Waals surface area contributed by atoms with Crippen molar-refractivity contribution in [2.24, 2.45) is 0 Å². The molecule has 146 valence electrons. The molecule has 3 aromatic carbocycles. The summed E-state index contributed by atoms with van der Waals surface area (Å²) in [6, 6.07) is 28.5. The smallest absolute Gasteiger partial charge is 0.155 e. The molecule has 0 unspecified atom stereocenters. The predicted octanol–water partition coefficient (Wildman–Crippen LogP) is 4.44. The quantitative estimate of drug-likeness (QED) is 0.448. The first-order valence-electron chi connectivity index (χ1n) is 9.85. The van der Waals surface area contributed by atoms with E-state index in [0.29, 0.717) is 12.8 Å². The van der Waals surface area contributed by atoms with Crippen molar-refractivity contribution in [3.63, 3.8) is 0 Å². The molecule has 5 rings (SSSR count). The minimum absolute atomic E-state index is 0.696. The van der Waals surface area contributed by atoms with Gasteiger partial charge in [0.25, 0.3) is 0 Å². The Balaban J connectivity index is 1.35. The maximum atomic E-state index is 4.66. The van der Waals surface area contributed by atoms with Crippen molar-refractivity contribution in [1.82, 2.24) is 30.4 Å². The molecule has 0 fully saturated rings. The molecule has 0 saturated carbocycles. The minimum atomic E-state index is 0.696. The average Bonchev–Trinajstić information content (AvgIpc) is 3.45. The molecule has 30 heavy (non-hydrogen) atoms. The molecule has 2 N–H and O–H groups in total. The van der Waals surface area contributed by atoms with Gasteiger partial charge in [0.05, 0.1) is 0 Å². The number of nitrogens with one attached hydrogen (secondary N) is 2. The lowest BCUT2D eigenvalue weighted by Gasteiger charge is -2.00. The molecule has 0 aliphatic rings. The highest BCUT2D eigenvalue weighted by Crippen LogP contribution is 2.23. The lowest BCUT2D eigenvalue weighted by Crippen LogP contribution is -1.90. The number of aromatic nitrogens is 6. The van der Waals surface area contributed by atoms with E-state index in [2.05, 4.69) is 54.6 Å². The van der Waals surface area contributed by atoms with Crippen molar-refractivity contribution in [1.29, 1.82) is 0 Å². The molecular formula is C24H20N6. The van der Waals surface area contributed by atoms with E-state index in [1.807, 2.05) is 60.7 Å². The van der Waals surface area contributed by atoms with Gasteiger partial charge < -0.3 is 0 Å². The third kappa shape index (κ3) is 4.03. The first-order valence-corrected chi connectivity index (χ1v) is 9.85. The second kappa shape index (κ2) is 8.13. The van der Waals surface area contributed by atoms with Gasteiger partial charge in [0.2, 0.25) is 0 Å². The van der Waals surface area contributed by atoms with E-state index in [1.54, 1.807) is 0 Å². The molecule has 0 saturated heterocycles. The second-order valence-electron chi connectivity index (χ2n) is 7.11. The van der Waals surface area contributed by atoms with E-state index in [9.17, 15) is 0 Å². The number of hydrogen-bond acceptors (Lipinski definition) is 4. The summed E-state index contributed by atoms with van der Waals surface area (Å²) in [6.45, 7) is 0. The van der Waals surface area contributed by atoms with Crippen molar-refractivity contribution in [2.75, 3.05) is 0 Å². The summed E-state index contributed by atoms with van der Waals surface area (Å²) in [6.07, 6.45) is 1.39. The van der Waals surface area contributed by atoms with Crippen LogP contribution in [0.15, 0.2) is 84.9 Å². The SMILES string of the molecule is c1ccc(Cc2n[nH]c(-c3cccc(-c4nc(Cc5ccccc5)n[nH]4)c3)n2)cc1. The fourth-order valence-electron chi connectivity index (χ4n) is 3.38. The largest absolute Gasteiger partial charge is 0.259 e. The van der Waals surface area contributed by atoms with Crippen LogP contribution in [0.3, 0.4) is 0 Å². The van der Waals surface area contributed by atoms with Crippen LogP contribution in [0.5, 0.6) is 0 Å². The maximum Gasteiger partial charge on any atom is 0.155 e.